The molecule has 114 valence electrons. The van der Waals surface area contributed by atoms with E-state index < -0.39 is 0 Å². The van der Waals surface area contributed by atoms with Gasteiger partial charge in [-0.2, -0.15) is 0 Å². The smallest absolute Gasteiger partial charge is 0.410 e. The molecule has 1 aliphatic heterocycles. The van der Waals surface area contributed by atoms with Gasteiger partial charge in [0.25, 0.3) is 0 Å². The van der Waals surface area contributed by atoms with Crippen molar-refractivity contribution in [3.63, 3.8) is 0 Å². The summed E-state index contributed by atoms with van der Waals surface area (Å²) in [5.41, 5.74) is 4.71. The summed E-state index contributed by atoms with van der Waals surface area (Å²) in [5.74, 6) is 0. The SMILES string of the molecule is Cc1cc(Br)c2c(c1)CN(C(=O)OCc1ccccc1)CC2. The summed E-state index contributed by atoms with van der Waals surface area (Å²) in [6.07, 6.45) is 0.614. The fourth-order valence-electron chi connectivity index (χ4n) is 2.76. The summed E-state index contributed by atoms with van der Waals surface area (Å²) in [6.45, 7) is 3.70. The van der Waals surface area contributed by atoms with Gasteiger partial charge in [-0.05, 0) is 41.7 Å². The van der Waals surface area contributed by atoms with E-state index in [0.717, 1.165) is 16.5 Å². The van der Waals surface area contributed by atoms with E-state index in [9.17, 15) is 4.79 Å². The molecule has 0 aliphatic carbocycles. The molecule has 1 aliphatic rings. The standard InChI is InChI=1S/C18H18BrNO2/c1-13-9-15-11-20(8-7-16(15)17(19)10-13)18(21)22-12-14-5-3-2-4-6-14/h2-6,9-10H,7-8,11-12H2,1H3. The molecular weight excluding hydrogens is 342 g/mol. The van der Waals surface area contributed by atoms with Gasteiger partial charge in [-0.1, -0.05) is 52.3 Å². The maximum Gasteiger partial charge on any atom is 0.410 e. The van der Waals surface area contributed by atoms with Crippen LogP contribution in [-0.2, 0) is 24.3 Å². The molecule has 3 rings (SSSR count). The second-order valence-corrected chi connectivity index (χ2v) is 6.45. The topological polar surface area (TPSA) is 29.5 Å². The van der Waals surface area contributed by atoms with E-state index in [1.54, 1.807) is 4.90 Å². The van der Waals surface area contributed by atoms with Crippen LogP contribution in [0, 0.1) is 6.92 Å². The first-order valence-corrected chi connectivity index (χ1v) is 8.16. The fraction of sp³-hybridized carbons (Fsp3) is 0.278. The number of benzene rings is 2. The Bertz CT molecular complexity index is 685. The van der Waals surface area contributed by atoms with Gasteiger partial charge in [0.15, 0.2) is 0 Å². The first-order chi connectivity index (χ1) is 10.6. The van der Waals surface area contributed by atoms with E-state index in [-0.39, 0.29) is 6.09 Å². The molecule has 22 heavy (non-hydrogen) atoms. The largest absolute Gasteiger partial charge is 0.445 e. The van der Waals surface area contributed by atoms with E-state index in [1.165, 1.54) is 16.7 Å². The molecule has 0 bridgehead atoms. The lowest BCUT2D eigenvalue weighted by molar-refractivity contribution is 0.0918. The van der Waals surface area contributed by atoms with Gasteiger partial charge in [0.2, 0.25) is 0 Å². The average molecular weight is 360 g/mol. The second-order valence-electron chi connectivity index (χ2n) is 5.60. The number of rotatable bonds is 2. The summed E-state index contributed by atoms with van der Waals surface area (Å²) >= 11 is 3.62. The van der Waals surface area contributed by atoms with Crippen molar-refractivity contribution in [2.24, 2.45) is 0 Å². The Hall–Kier alpha value is -1.81. The summed E-state index contributed by atoms with van der Waals surface area (Å²) in [4.78, 5) is 14.0. The van der Waals surface area contributed by atoms with Crippen molar-refractivity contribution in [3.05, 3.63) is 69.2 Å². The first kappa shape index (κ1) is 15.1. The van der Waals surface area contributed by atoms with Gasteiger partial charge in [0, 0.05) is 17.6 Å². The number of amides is 1. The van der Waals surface area contributed by atoms with E-state index in [4.69, 9.17) is 4.74 Å². The van der Waals surface area contributed by atoms with Crippen LogP contribution in [0.25, 0.3) is 0 Å². The Morgan fingerprint density at radius 1 is 1.27 bits per heavy atom. The number of fused-ring (bicyclic) bond motifs is 1. The minimum absolute atomic E-state index is 0.243. The van der Waals surface area contributed by atoms with Crippen LogP contribution >= 0.6 is 15.9 Å². The average Bonchev–Trinajstić information content (AvgIpc) is 2.53. The molecule has 0 saturated carbocycles. The van der Waals surface area contributed by atoms with Crippen LogP contribution in [-0.4, -0.2) is 17.5 Å². The monoisotopic (exact) mass is 359 g/mol. The zero-order valence-electron chi connectivity index (χ0n) is 12.5. The van der Waals surface area contributed by atoms with E-state index in [2.05, 4.69) is 35.0 Å². The number of hydrogen-bond donors (Lipinski definition) is 0. The van der Waals surface area contributed by atoms with Gasteiger partial charge in [0.05, 0.1) is 0 Å². The Kier molecular flexibility index (Phi) is 4.48. The zero-order chi connectivity index (χ0) is 15.5. The molecule has 1 amide bonds. The molecule has 0 fully saturated rings. The normalized spacial score (nSPS) is 13.6. The van der Waals surface area contributed by atoms with Crippen molar-refractivity contribution in [1.82, 2.24) is 4.90 Å². The number of nitrogens with zero attached hydrogens (tertiary/aromatic N) is 1. The minimum atomic E-state index is -0.243. The van der Waals surface area contributed by atoms with Crippen molar-refractivity contribution in [1.29, 1.82) is 0 Å². The quantitative estimate of drug-likeness (QED) is 0.792. The van der Waals surface area contributed by atoms with Gasteiger partial charge in [0.1, 0.15) is 6.61 Å². The lowest BCUT2D eigenvalue weighted by Gasteiger charge is -2.29. The molecule has 2 aromatic rings. The molecule has 0 radical (unpaired) electrons. The Balaban J connectivity index is 1.65. The van der Waals surface area contributed by atoms with Crippen LogP contribution in [0.2, 0.25) is 0 Å². The molecule has 0 spiro atoms. The predicted molar refractivity (Wildman–Crippen MR) is 89.6 cm³/mol. The summed E-state index contributed by atoms with van der Waals surface area (Å²) in [7, 11) is 0. The predicted octanol–water partition coefficient (Wildman–Crippen LogP) is 4.45. The van der Waals surface area contributed by atoms with Crippen LogP contribution in [0.15, 0.2) is 46.9 Å². The first-order valence-electron chi connectivity index (χ1n) is 7.37. The number of carbonyl (C=O) groups excluding carboxylic acids is 1. The van der Waals surface area contributed by atoms with Crippen molar-refractivity contribution in [2.45, 2.75) is 26.5 Å². The summed E-state index contributed by atoms with van der Waals surface area (Å²) in [6, 6.07) is 14.0. The van der Waals surface area contributed by atoms with Crippen LogP contribution in [0.3, 0.4) is 0 Å². The van der Waals surface area contributed by atoms with Gasteiger partial charge in [-0.25, -0.2) is 4.79 Å². The highest BCUT2D eigenvalue weighted by Gasteiger charge is 2.23. The van der Waals surface area contributed by atoms with Crippen molar-refractivity contribution < 1.29 is 9.53 Å². The molecule has 0 N–H and O–H groups in total. The van der Waals surface area contributed by atoms with Crippen LogP contribution < -0.4 is 0 Å². The highest BCUT2D eigenvalue weighted by Crippen LogP contribution is 2.28. The number of ether oxygens (including phenoxy) is 1. The van der Waals surface area contributed by atoms with Crippen molar-refractivity contribution >= 4 is 22.0 Å². The molecule has 0 aromatic heterocycles. The Morgan fingerprint density at radius 3 is 2.82 bits per heavy atom. The number of carbonyl (C=O) groups is 1. The van der Waals surface area contributed by atoms with Crippen LogP contribution in [0.5, 0.6) is 0 Å². The second kappa shape index (κ2) is 6.53. The maximum atomic E-state index is 12.2. The molecule has 3 nitrogen and oxygen atoms in total. The molecular formula is C18H18BrNO2. The number of hydrogen-bond acceptors (Lipinski definition) is 2. The van der Waals surface area contributed by atoms with Gasteiger partial charge >= 0.3 is 6.09 Å². The Morgan fingerprint density at radius 2 is 2.05 bits per heavy atom. The summed E-state index contributed by atoms with van der Waals surface area (Å²) in [5, 5.41) is 0. The van der Waals surface area contributed by atoms with Gasteiger partial charge < -0.3 is 9.64 Å². The molecule has 0 unspecified atom stereocenters. The number of halogens is 1. The lowest BCUT2D eigenvalue weighted by Crippen LogP contribution is -2.36. The lowest BCUT2D eigenvalue weighted by atomic mass is 9.98. The molecule has 1 heterocycles. The summed E-state index contributed by atoms with van der Waals surface area (Å²) < 4.78 is 6.56. The molecule has 0 saturated heterocycles. The molecule has 0 atom stereocenters. The van der Waals surface area contributed by atoms with Crippen molar-refractivity contribution in [2.75, 3.05) is 6.54 Å². The van der Waals surface area contributed by atoms with E-state index >= 15 is 0 Å². The third-order valence-corrected chi connectivity index (χ3v) is 4.60. The van der Waals surface area contributed by atoms with Gasteiger partial charge in [-0.15, -0.1) is 0 Å². The number of aryl methyl sites for hydroxylation is 1. The highest BCUT2D eigenvalue weighted by atomic mass is 79.9. The third-order valence-electron chi connectivity index (χ3n) is 3.89. The van der Waals surface area contributed by atoms with E-state index in [1.807, 2.05) is 30.3 Å². The van der Waals surface area contributed by atoms with E-state index in [0.29, 0.717) is 19.7 Å². The third kappa shape index (κ3) is 3.33. The van der Waals surface area contributed by atoms with Crippen LogP contribution in [0.4, 0.5) is 4.79 Å². The fourth-order valence-corrected chi connectivity index (χ4v) is 3.58. The minimum Gasteiger partial charge on any atom is -0.445 e. The van der Waals surface area contributed by atoms with Gasteiger partial charge in [-0.3, -0.25) is 0 Å². The zero-order valence-corrected chi connectivity index (χ0v) is 14.1. The van der Waals surface area contributed by atoms with Crippen molar-refractivity contribution in [3.8, 4) is 0 Å². The van der Waals surface area contributed by atoms with Crippen LogP contribution in [0.1, 0.15) is 22.3 Å². The highest BCUT2D eigenvalue weighted by molar-refractivity contribution is 9.10. The molecule has 4 heteroatoms. The molecule has 2 aromatic carbocycles. The Labute approximate surface area is 139 Å². The maximum absolute atomic E-state index is 12.2.